The van der Waals surface area contributed by atoms with Crippen molar-refractivity contribution in [1.82, 2.24) is 9.55 Å². The molecule has 0 aliphatic heterocycles. The summed E-state index contributed by atoms with van der Waals surface area (Å²) in [5.41, 5.74) is 5.67. The van der Waals surface area contributed by atoms with Crippen LogP contribution in [0, 0.1) is 13.8 Å². The highest BCUT2D eigenvalue weighted by Gasteiger charge is 2.18. The molecule has 0 bridgehead atoms. The summed E-state index contributed by atoms with van der Waals surface area (Å²) < 4.78 is 1.91. The summed E-state index contributed by atoms with van der Waals surface area (Å²) in [7, 11) is 0. The molecule has 0 fully saturated rings. The van der Waals surface area contributed by atoms with Crippen molar-refractivity contribution >= 4 is 35.3 Å². The second-order valence-corrected chi connectivity index (χ2v) is 8.42. The molecule has 0 N–H and O–H groups in total. The van der Waals surface area contributed by atoms with Gasteiger partial charge >= 0.3 is 0 Å². The van der Waals surface area contributed by atoms with E-state index in [2.05, 4.69) is 16.7 Å². The van der Waals surface area contributed by atoms with E-state index in [1.807, 2.05) is 73.9 Å². The topological polar surface area (TPSA) is 76.7 Å². The minimum absolute atomic E-state index is 0.144. The van der Waals surface area contributed by atoms with Crippen LogP contribution in [0.2, 0.25) is 0 Å². The summed E-state index contributed by atoms with van der Waals surface area (Å²) in [4.78, 5) is 39.1. The summed E-state index contributed by atoms with van der Waals surface area (Å²) in [6.45, 7) is 9.64. The number of hydrogen-bond donors (Lipinski definition) is 0. The smallest absolute Gasteiger partial charge is 0.200 e. The number of nitrogens with zero attached hydrogens (tertiary/aromatic N) is 4. The number of allylic oxidation sites excluding steroid dienone is 1. The first-order valence-corrected chi connectivity index (χ1v) is 11.2. The van der Waals surface area contributed by atoms with Gasteiger partial charge in [-0.05, 0) is 74.5 Å². The van der Waals surface area contributed by atoms with E-state index in [-0.39, 0.29) is 16.8 Å². The highest BCUT2D eigenvalue weighted by molar-refractivity contribution is 6.10. The average Bonchev–Trinajstić information content (AvgIpc) is 2.87. The molecule has 35 heavy (non-hydrogen) atoms. The van der Waals surface area contributed by atoms with Gasteiger partial charge in [0.25, 0.3) is 0 Å². The Labute approximate surface area is 204 Å². The number of ketones is 1. The molecule has 0 radical (unpaired) electrons. The summed E-state index contributed by atoms with van der Waals surface area (Å²) in [6.07, 6.45) is 4.70. The summed E-state index contributed by atoms with van der Waals surface area (Å²) in [5, 5.41) is 0.501. The third-order valence-electron chi connectivity index (χ3n) is 5.96. The van der Waals surface area contributed by atoms with Crippen molar-refractivity contribution in [3.05, 3.63) is 117 Å². The first-order valence-electron chi connectivity index (χ1n) is 11.2. The normalized spacial score (nSPS) is 11.8. The van der Waals surface area contributed by atoms with Crippen molar-refractivity contribution in [2.45, 2.75) is 27.3 Å². The monoisotopic (exact) mass is 462 g/mol. The van der Waals surface area contributed by atoms with Crippen LogP contribution < -0.4 is 5.43 Å². The zero-order chi connectivity index (χ0) is 24.9. The van der Waals surface area contributed by atoms with Crippen molar-refractivity contribution in [3.8, 4) is 0 Å². The van der Waals surface area contributed by atoms with Gasteiger partial charge in [0, 0.05) is 23.3 Å². The fraction of sp³-hybridized carbons (Fsp3) is 0.138. The van der Waals surface area contributed by atoms with Gasteiger partial charge in [-0.3, -0.25) is 19.6 Å². The molecule has 0 unspecified atom stereocenters. The number of aryl methyl sites for hydroxylation is 2. The molecule has 0 spiro atoms. The molecule has 174 valence electrons. The zero-order valence-corrected chi connectivity index (χ0v) is 20.0. The van der Waals surface area contributed by atoms with E-state index in [1.165, 1.54) is 6.34 Å². The lowest BCUT2D eigenvalue weighted by atomic mass is 9.99. The van der Waals surface area contributed by atoms with Gasteiger partial charge in [-0.2, -0.15) is 0 Å². The lowest BCUT2D eigenvalue weighted by molar-refractivity contribution is 0.103. The van der Waals surface area contributed by atoms with Crippen LogP contribution in [-0.4, -0.2) is 28.4 Å². The predicted molar refractivity (Wildman–Crippen MR) is 143 cm³/mol. The highest BCUT2D eigenvalue weighted by Crippen LogP contribution is 2.18. The Balaban J connectivity index is 1.79. The molecule has 2 aromatic heterocycles. The molecule has 6 nitrogen and oxygen atoms in total. The van der Waals surface area contributed by atoms with Crippen LogP contribution in [0.25, 0.3) is 16.5 Å². The zero-order valence-electron chi connectivity index (χ0n) is 20.0. The largest absolute Gasteiger partial charge is 0.340 e. The molecule has 4 aromatic rings. The molecular formula is C29H26N4O2. The van der Waals surface area contributed by atoms with Gasteiger partial charge in [0.1, 0.15) is 6.34 Å². The first-order chi connectivity index (χ1) is 16.9. The van der Waals surface area contributed by atoms with Crippen LogP contribution >= 0.6 is 0 Å². The van der Waals surface area contributed by atoms with Crippen LogP contribution in [0.5, 0.6) is 0 Å². The Morgan fingerprint density at radius 1 is 1.06 bits per heavy atom. The maximum atomic E-state index is 13.4. The minimum atomic E-state index is -0.285. The Kier molecular flexibility index (Phi) is 6.92. The van der Waals surface area contributed by atoms with Gasteiger partial charge in [0.15, 0.2) is 5.78 Å². The van der Waals surface area contributed by atoms with E-state index in [0.717, 1.165) is 33.6 Å². The number of carbonyl (C=O) groups excluding carboxylic acids is 1. The lowest BCUT2D eigenvalue weighted by Crippen LogP contribution is -2.20. The fourth-order valence-corrected chi connectivity index (χ4v) is 3.90. The standard InChI is InChI=1S/C29H26N4O2/c1-19-12-13-22(14-20(19)2)28(34)25-17-33(27-11-6-5-9-24(27)29(25)35)16-23-8-7-10-26(32-23)21(3)15-31-18-30-4/h5-15,17-18H,4,16H2,1-3H3/b21-15+,31-18?. The van der Waals surface area contributed by atoms with Gasteiger partial charge in [-0.25, -0.2) is 4.99 Å². The number of rotatable bonds is 7. The summed E-state index contributed by atoms with van der Waals surface area (Å²) in [5.74, 6) is -0.285. The van der Waals surface area contributed by atoms with Gasteiger partial charge in [0.2, 0.25) is 5.43 Å². The van der Waals surface area contributed by atoms with E-state index in [4.69, 9.17) is 4.98 Å². The van der Waals surface area contributed by atoms with E-state index < -0.39 is 0 Å². The number of carbonyl (C=O) groups is 1. The van der Waals surface area contributed by atoms with Crippen molar-refractivity contribution < 1.29 is 4.79 Å². The van der Waals surface area contributed by atoms with Gasteiger partial charge in [-0.1, -0.05) is 30.3 Å². The molecule has 0 saturated heterocycles. The molecule has 6 heteroatoms. The Hall–Kier alpha value is -4.45. The molecular weight excluding hydrogens is 436 g/mol. The minimum Gasteiger partial charge on any atom is -0.340 e. The number of fused-ring (bicyclic) bond motifs is 1. The van der Waals surface area contributed by atoms with Gasteiger partial charge < -0.3 is 4.57 Å². The number of aromatic nitrogens is 2. The summed E-state index contributed by atoms with van der Waals surface area (Å²) in [6, 6.07) is 18.6. The molecule has 2 heterocycles. The van der Waals surface area contributed by atoms with Crippen molar-refractivity contribution in [2.75, 3.05) is 0 Å². The molecule has 4 rings (SSSR count). The third kappa shape index (κ3) is 5.06. The number of para-hydroxylation sites is 1. The second-order valence-electron chi connectivity index (χ2n) is 8.42. The Bertz CT molecular complexity index is 1560. The molecule has 0 atom stereocenters. The molecule has 2 aromatic carbocycles. The summed E-state index contributed by atoms with van der Waals surface area (Å²) >= 11 is 0. The van der Waals surface area contributed by atoms with Crippen molar-refractivity contribution in [3.63, 3.8) is 0 Å². The number of benzene rings is 2. The van der Waals surface area contributed by atoms with E-state index in [0.29, 0.717) is 17.5 Å². The van der Waals surface area contributed by atoms with Crippen LogP contribution in [-0.2, 0) is 6.54 Å². The van der Waals surface area contributed by atoms with Crippen LogP contribution in [0.3, 0.4) is 0 Å². The highest BCUT2D eigenvalue weighted by atomic mass is 16.1. The maximum Gasteiger partial charge on any atom is 0.200 e. The molecule has 0 amide bonds. The number of pyridine rings is 2. The first kappa shape index (κ1) is 23.7. The van der Waals surface area contributed by atoms with Crippen LogP contribution in [0.4, 0.5) is 0 Å². The predicted octanol–water partition coefficient (Wildman–Crippen LogP) is 5.38. The molecule has 0 aliphatic carbocycles. The van der Waals surface area contributed by atoms with E-state index in [9.17, 15) is 9.59 Å². The quantitative estimate of drug-likeness (QED) is 0.210. The third-order valence-corrected chi connectivity index (χ3v) is 5.96. The van der Waals surface area contributed by atoms with Crippen LogP contribution in [0.1, 0.15) is 45.4 Å². The van der Waals surface area contributed by atoms with Crippen molar-refractivity contribution in [1.29, 1.82) is 0 Å². The number of aliphatic imine (C=N–C) groups is 2. The van der Waals surface area contributed by atoms with Gasteiger partial charge in [-0.15, -0.1) is 0 Å². The van der Waals surface area contributed by atoms with Crippen molar-refractivity contribution in [2.24, 2.45) is 9.98 Å². The maximum absolute atomic E-state index is 13.4. The van der Waals surface area contributed by atoms with Crippen LogP contribution in [0.15, 0.2) is 87.8 Å². The fourth-order valence-electron chi connectivity index (χ4n) is 3.90. The Morgan fingerprint density at radius 2 is 1.86 bits per heavy atom. The Morgan fingerprint density at radius 3 is 2.63 bits per heavy atom. The van der Waals surface area contributed by atoms with E-state index >= 15 is 0 Å². The second kappa shape index (κ2) is 10.2. The number of hydrogen-bond acceptors (Lipinski definition) is 4. The lowest BCUT2D eigenvalue weighted by Gasteiger charge is -2.14. The van der Waals surface area contributed by atoms with Gasteiger partial charge in [0.05, 0.1) is 29.0 Å². The van der Waals surface area contributed by atoms with E-state index in [1.54, 1.807) is 24.5 Å². The average molecular weight is 463 g/mol. The SMILES string of the molecule is C=NC=N/C=C(\C)c1cccc(Cn2cc(C(=O)c3ccc(C)c(C)c3)c(=O)c3ccccc32)n1. The molecule has 0 aliphatic rings. The molecule has 0 saturated carbocycles.